The molecule has 4 rings (SSSR count). The largest absolute Gasteiger partial charge is 0.376 e. The van der Waals surface area contributed by atoms with Crippen LogP contribution in [0.4, 0.5) is 5.95 Å². The molecular formula is C19H25ClN6O2. The lowest BCUT2D eigenvalue weighted by molar-refractivity contribution is 0.107. The van der Waals surface area contributed by atoms with Gasteiger partial charge in [-0.2, -0.15) is 5.10 Å². The van der Waals surface area contributed by atoms with Crippen LogP contribution in [0.3, 0.4) is 0 Å². The molecule has 2 aliphatic heterocycles. The Kier molecular flexibility index (Phi) is 6.19. The highest BCUT2D eigenvalue weighted by Gasteiger charge is 2.23. The predicted octanol–water partition coefficient (Wildman–Crippen LogP) is 1.73. The van der Waals surface area contributed by atoms with Crippen molar-refractivity contribution in [1.82, 2.24) is 24.6 Å². The third-order valence-corrected chi connectivity index (χ3v) is 5.56. The molecule has 28 heavy (non-hydrogen) atoms. The van der Waals surface area contributed by atoms with E-state index in [-0.39, 0.29) is 5.56 Å². The number of ether oxygens (including phenoxy) is 1. The fourth-order valence-electron chi connectivity index (χ4n) is 3.83. The van der Waals surface area contributed by atoms with Crippen molar-refractivity contribution in [2.75, 3.05) is 31.6 Å². The first-order valence-electron chi connectivity index (χ1n) is 9.82. The lowest BCUT2D eigenvalue weighted by Crippen LogP contribution is -2.46. The van der Waals surface area contributed by atoms with Crippen molar-refractivity contribution >= 4 is 17.5 Å². The van der Waals surface area contributed by atoms with Gasteiger partial charge in [0.2, 0.25) is 5.95 Å². The topological polar surface area (TPSA) is 85.2 Å². The molecule has 1 N–H and O–H groups in total. The van der Waals surface area contributed by atoms with Gasteiger partial charge in [0.1, 0.15) is 0 Å². The fourth-order valence-corrected chi connectivity index (χ4v) is 3.93. The maximum absolute atomic E-state index is 12.4. The zero-order valence-electron chi connectivity index (χ0n) is 15.8. The second kappa shape index (κ2) is 8.98. The SMILES string of the molecule is O=c1cc2c(nn1CCN1CCCCC1CNc1ncc(Cl)cn1)CCOC2. The molecule has 2 aliphatic rings. The number of anilines is 1. The number of nitrogens with zero attached hydrogens (tertiary/aromatic N) is 5. The van der Waals surface area contributed by atoms with Crippen LogP contribution in [0.2, 0.25) is 5.02 Å². The summed E-state index contributed by atoms with van der Waals surface area (Å²) in [5.74, 6) is 0.588. The normalized spacial score (nSPS) is 20.0. The van der Waals surface area contributed by atoms with Crippen LogP contribution < -0.4 is 10.9 Å². The summed E-state index contributed by atoms with van der Waals surface area (Å²) in [4.78, 5) is 23.2. The number of hydrogen-bond donors (Lipinski definition) is 1. The Morgan fingerprint density at radius 3 is 2.96 bits per heavy atom. The van der Waals surface area contributed by atoms with Gasteiger partial charge in [-0.3, -0.25) is 9.69 Å². The number of aromatic nitrogens is 4. The monoisotopic (exact) mass is 404 g/mol. The van der Waals surface area contributed by atoms with Crippen molar-refractivity contribution < 1.29 is 4.74 Å². The number of nitrogens with one attached hydrogen (secondary N) is 1. The van der Waals surface area contributed by atoms with Crippen LogP contribution in [0.25, 0.3) is 0 Å². The molecule has 0 aliphatic carbocycles. The molecule has 1 fully saturated rings. The van der Waals surface area contributed by atoms with Crippen molar-refractivity contribution in [2.24, 2.45) is 0 Å². The van der Waals surface area contributed by atoms with E-state index in [1.165, 1.54) is 12.8 Å². The first-order valence-corrected chi connectivity index (χ1v) is 10.2. The van der Waals surface area contributed by atoms with E-state index in [0.717, 1.165) is 43.7 Å². The molecule has 0 bridgehead atoms. The highest BCUT2D eigenvalue weighted by atomic mass is 35.5. The van der Waals surface area contributed by atoms with Crippen LogP contribution in [-0.4, -0.2) is 56.9 Å². The standard InChI is InChI=1S/C19H25ClN6O2/c20-15-10-21-19(22-11-15)23-12-16-3-1-2-5-25(16)6-7-26-18(27)9-14-13-28-8-4-17(14)24-26/h9-11,16H,1-8,12-13H2,(H,21,22,23). The number of hydrogen-bond acceptors (Lipinski definition) is 7. The smallest absolute Gasteiger partial charge is 0.267 e. The van der Waals surface area contributed by atoms with Crippen molar-refractivity contribution in [1.29, 1.82) is 0 Å². The Morgan fingerprint density at radius 2 is 2.11 bits per heavy atom. The molecule has 1 unspecified atom stereocenters. The average Bonchev–Trinajstić information content (AvgIpc) is 2.72. The zero-order valence-corrected chi connectivity index (χ0v) is 16.6. The summed E-state index contributed by atoms with van der Waals surface area (Å²) in [7, 11) is 0. The summed E-state index contributed by atoms with van der Waals surface area (Å²) >= 11 is 5.84. The van der Waals surface area contributed by atoms with Gasteiger partial charge in [-0.05, 0) is 19.4 Å². The van der Waals surface area contributed by atoms with Gasteiger partial charge < -0.3 is 10.1 Å². The summed E-state index contributed by atoms with van der Waals surface area (Å²) in [6.07, 6.45) is 7.46. The van der Waals surface area contributed by atoms with E-state index in [1.54, 1.807) is 23.1 Å². The van der Waals surface area contributed by atoms with E-state index in [9.17, 15) is 4.79 Å². The maximum atomic E-state index is 12.4. The molecule has 1 atom stereocenters. The van der Waals surface area contributed by atoms with Crippen LogP contribution in [-0.2, 0) is 24.3 Å². The summed E-state index contributed by atoms with van der Waals surface area (Å²) in [6, 6.07) is 2.06. The zero-order chi connectivity index (χ0) is 19.3. The van der Waals surface area contributed by atoms with Gasteiger partial charge in [-0.1, -0.05) is 18.0 Å². The van der Waals surface area contributed by atoms with Crippen molar-refractivity contribution in [3.63, 3.8) is 0 Å². The van der Waals surface area contributed by atoms with Gasteiger partial charge in [0, 0.05) is 37.2 Å². The summed E-state index contributed by atoms with van der Waals surface area (Å²) in [5, 5.41) is 8.40. The lowest BCUT2D eigenvalue weighted by Gasteiger charge is -2.35. The molecule has 9 heteroatoms. The Labute approximate surface area is 168 Å². The highest BCUT2D eigenvalue weighted by molar-refractivity contribution is 6.30. The first kappa shape index (κ1) is 19.3. The van der Waals surface area contributed by atoms with Gasteiger partial charge in [0.15, 0.2) is 0 Å². The van der Waals surface area contributed by atoms with E-state index >= 15 is 0 Å². The molecule has 1 saturated heterocycles. The second-order valence-electron chi connectivity index (χ2n) is 7.27. The minimum atomic E-state index is -0.0505. The highest BCUT2D eigenvalue weighted by Crippen LogP contribution is 2.18. The van der Waals surface area contributed by atoms with Crippen LogP contribution in [0.5, 0.6) is 0 Å². The number of halogens is 1. The van der Waals surface area contributed by atoms with E-state index in [0.29, 0.717) is 36.8 Å². The van der Waals surface area contributed by atoms with Gasteiger partial charge >= 0.3 is 0 Å². The van der Waals surface area contributed by atoms with Crippen molar-refractivity contribution in [2.45, 2.75) is 44.9 Å². The third kappa shape index (κ3) is 4.68. The molecule has 2 aromatic heterocycles. The van der Waals surface area contributed by atoms with Gasteiger partial charge in [-0.15, -0.1) is 0 Å². The Hall–Kier alpha value is -2.03. The molecule has 4 heterocycles. The van der Waals surface area contributed by atoms with E-state index < -0.39 is 0 Å². The number of rotatable bonds is 6. The quantitative estimate of drug-likeness (QED) is 0.784. The molecule has 0 spiro atoms. The molecule has 0 aromatic carbocycles. The number of fused-ring (bicyclic) bond motifs is 1. The molecular weight excluding hydrogens is 380 g/mol. The molecule has 2 aromatic rings. The number of likely N-dealkylation sites (tertiary alicyclic amines) is 1. The Balaban J connectivity index is 1.37. The van der Waals surface area contributed by atoms with Crippen LogP contribution >= 0.6 is 11.6 Å². The van der Waals surface area contributed by atoms with Gasteiger partial charge in [0.05, 0.1) is 42.9 Å². The van der Waals surface area contributed by atoms with E-state index in [4.69, 9.17) is 16.3 Å². The summed E-state index contributed by atoms with van der Waals surface area (Å²) in [6.45, 7) is 4.36. The van der Waals surface area contributed by atoms with Crippen LogP contribution in [0, 0.1) is 0 Å². The fraction of sp³-hybridized carbons (Fsp3) is 0.579. The van der Waals surface area contributed by atoms with Gasteiger partial charge in [0.25, 0.3) is 5.56 Å². The van der Waals surface area contributed by atoms with Crippen molar-refractivity contribution in [3.05, 3.63) is 45.1 Å². The molecule has 0 saturated carbocycles. The molecule has 8 nitrogen and oxygen atoms in total. The van der Waals surface area contributed by atoms with Crippen molar-refractivity contribution in [3.8, 4) is 0 Å². The number of piperidine rings is 1. The maximum Gasteiger partial charge on any atom is 0.267 e. The molecule has 150 valence electrons. The molecule has 0 amide bonds. The van der Waals surface area contributed by atoms with Crippen LogP contribution in [0.15, 0.2) is 23.3 Å². The molecule has 0 radical (unpaired) electrons. The minimum Gasteiger partial charge on any atom is -0.376 e. The van der Waals surface area contributed by atoms with Crippen LogP contribution in [0.1, 0.15) is 30.5 Å². The Bertz CT molecular complexity index is 856. The lowest BCUT2D eigenvalue weighted by atomic mass is 10.0. The third-order valence-electron chi connectivity index (χ3n) is 5.37. The average molecular weight is 405 g/mol. The summed E-state index contributed by atoms with van der Waals surface area (Å²) < 4.78 is 7.01. The predicted molar refractivity (Wildman–Crippen MR) is 107 cm³/mol. The second-order valence-corrected chi connectivity index (χ2v) is 7.71. The minimum absolute atomic E-state index is 0.0505. The summed E-state index contributed by atoms with van der Waals surface area (Å²) in [5.41, 5.74) is 1.86. The Morgan fingerprint density at radius 1 is 1.25 bits per heavy atom. The van der Waals surface area contributed by atoms with E-state index in [1.807, 2.05) is 0 Å². The van der Waals surface area contributed by atoms with Gasteiger partial charge in [-0.25, -0.2) is 14.6 Å². The first-order chi connectivity index (χ1) is 13.7. The van der Waals surface area contributed by atoms with E-state index in [2.05, 4.69) is 25.3 Å².